The second-order valence-electron chi connectivity index (χ2n) is 4.70. The molecule has 0 saturated carbocycles. The molecule has 0 fully saturated rings. The lowest BCUT2D eigenvalue weighted by atomic mass is 10.2. The first-order chi connectivity index (χ1) is 11.7. The Morgan fingerprint density at radius 2 is 2.25 bits per heavy atom. The van der Waals surface area contributed by atoms with Gasteiger partial charge in [-0.1, -0.05) is 11.6 Å². The predicted molar refractivity (Wildman–Crippen MR) is 94.8 cm³/mol. The van der Waals surface area contributed by atoms with Crippen LogP contribution in [-0.2, 0) is 4.74 Å². The topological polar surface area (TPSA) is 92.0 Å². The third-order valence-electron chi connectivity index (χ3n) is 3.11. The minimum atomic E-state index is -0.0530. The Hall–Kier alpha value is -2.29. The SMILES string of the molecule is CCOCNc1cc(/N=N/c2snc3ncccc23)cc(Cl)c1O. The van der Waals surface area contributed by atoms with Crippen LogP contribution in [0.25, 0.3) is 11.0 Å². The Morgan fingerprint density at radius 3 is 3.08 bits per heavy atom. The van der Waals surface area contributed by atoms with E-state index in [2.05, 4.69) is 24.9 Å². The Bertz CT molecular complexity index is 883. The average molecular weight is 364 g/mol. The smallest absolute Gasteiger partial charge is 0.175 e. The highest BCUT2D eigenvalue weighted by Crippen LogP contribution is 2.37. The maximum absolute atomic E-state index is 9.98. The zero-order chi connectivity index (χ0) is 16.9. The van der Waals surface area contributed by atoms with E-state index in [0.717, 1.165) is 5.39 Å². The molecular formula is C15H14ClN5O2S. The minimum absolute atomic E-state index is 0.0530. The molecule has 0 aliphatic heterocycles. The molecule has 24 heavy (non-hydrogen) atoms. The molecule has 0 unspecified atom stereocenters. The van der Waals surface area contributed by atoms with Gasteiger partial charge in [0.25, 0.3) is 0 Å². The number of anilines is 1. The molecule has 0 aliphatic carbocycles. The Morgan fingerprint density at radius 1 is 1.38 bits per heavy atom. The number of hydrogen-bond acceptors (Lipinski definition) is 8. The van der Waals surface area contributed by atoms with E-state index < -0.39 is 0 Å². The van der Waals surface area contributed by atoms with Crippen LogP contribution in [-0.4, -0.2) is 27.8 Å². The minimum Gasteiger partial charge on any atom is -0.504 e. The van der Waals surface area contributed by atoms with Gasteiger partial charge < -0.3 is 15.2 Å². The van der Waals surface area contributed by atoms with Gasteiger partial charge in [-0.15, -0.1) is 10.2 Å². The predicted octanol–water partition coefficient (Wildman–Crippen LogP) is 4.87. The lowest BCUT2D eigenvalue weighted by Crippen LogP contribution is -2.05. The monoisotopic (exact) mass is 363 g/mol. The van der Waals surface area contributed by atoms with E-state index >= 15 is 0 Å². The molecule has 2 aromatic heterocycles. The highest BCUT2D eigenvalue weighted by molar-refractivity contribution is 7.11. The number of fused-ring (bicyclic) bond motifs is 1. The summed E-state index contributed by atoms with van der Waals surface area (Å²) in [6, 6.07) is 6.89. The summed E-state index contributed by atoms with van der Waals surface area (Å²) < 4.78 is 9.42. The third-order valence-corrected chi connectivity index (χ3v) is 4.14. The van der Waals surface area contributed by atoms with Crippen LogP contribution in [0.1, 0.15) is 6.92 Å². The summed E-state index contributed by atoms with van der Waals surface area (Å²) in [4.78, 5) is 4.16. The van der Waals surface area contributed by atoms with Crippen LogP contribution in [0.3, 0.4) is 0 Å². The number of phenols is 1. The summed E-state index contributed by atoms with van der Waals surface area (Å²) in [5.74, 6) is -0.0530. The quantitative estimate of drug-likeness (QED) is 0.282. The van der Waals surface area contributed by atoms with Crippen molar-refractivity contribution in [2.75, 3.05) is 18.7 Å². The fourth-order valence-corrected chi connectivity index (χ4v) is 2.82. The second-order valence-corrected chi connectivity index (χ2v) is 5.86. The lowest BCUT2D eigenvalue weighted by Gasteiger charge is -2.10. The molecule has 3 aromatic rings. The summed E-state index contributed by atoms with van der Waals surface area (Å²) in [5, 5.41) is 23.0. The molecule has 9 heteroatoms. The second kappa shape index (κ2) is 7.52. The molecule has 1 aromatic carbocycles. The van der Waals surface area contributed by atoms with Crippen molar-refractivity contribution in [2.24, 2.45) is 10.2 Å². The van der Waals surface area contributed by atoms with E-state index in [1.54, 1.807) is 12.3 Å². The van der Waals surface area contributed by atoms with E-state index in [1.807, 2.05) is 19.1 Å². The summed E-state index contributed by atoms with van der Waals surface area (Å²) >= 11 is 7.25. The van der Waals surface area contributed by atoms with Gasteiger partial charge in [-0.05, 0) is 42.7 Å². The average Bonchev–Trinajstić information content (AvgIpc) is 3.00. The number of nitrogens with one attached hydrogen (secondary N) is 1. The molecule has 0 aliphatic rings. The van der Waals surface area contributed by atoms with Gasteiger partial charge in [0.1, 0.15) is 6.73 Å². The largest absolute Gasteiger partial charge is 0.504 e. The number of ether oxygens (including phenoxy) is 1. The van der Waals surface area contributed by atoms with E-state index in [0.29, 0.717) is 28.6 Å². The van der Waals surface area contributed by atoms with Crippen LogP contribution in [0, 0.1) is 0 Å². The number of pyridine rings is 1. The highest BCUT2D eigenvalue weighted by atomic mass is 35.5. The standard InChI is InChI=1S/C15H14ClN5O2S/c1-2-23-8-18-12-7-9(6-11(16)13(12)22)19-20-15-10-4-3-5-17-14(10)21-24-15/h3-7,18,22H,2,8H2,1H3/b20-19+. The molecule has 0 saturated heterocycles. The van der Waals surface area contributed by atoms with Crippen molar-refractivity contribution in [1.82, 2.24) is 9.36 Å². The number of aromatic hydroxyl groups is 1. The first-order valence-electron chi connectivity index (χ1n) is 7.15. The van der Waals surface area contributed by atoms with Crippen LogP contribution in [0.15, 0.2) is 40.7 Å². The first kappa shape index (κ1) is 16.6. The Labute approximate surface area is 147 Å². The van der Waals surface area contributed by atoms with Gasteiger partial charge in [0.15, 0.2) is 16.4 Å². The van der Waals surface area contributed by atoms with Crippen molar-refractivity contribution < 1.29 is 9.84 Å². The van der Waals surface area contributed by atoms with E-state index in [1.165, 1.54) is 17.6 Å². The van der Waals surface area contributed by atoms with Crippen molar-refractivity contribution in [3.05, 3.63) is 35.5 Å². The summed E-state index contributed by atoms with van der Waals surface area (Å²) in [5.41, 5.74) is 1.57. The number of rotatable bonds is 6. The maximum Gasteiger partial charge on any atom is 0.175 e. The Balaban J connectivity index is 1.86. The molecule has 2 heterocycles. The fourth-order valence-electron chi connectivity index (χ4n) is 1.96. The Kier molecular flexibility index (Phi) is 5.19. The molecule has 124 valence electrons. The number of phenolic OH excluding ortho intramolecular Hbond substituents is 1. The van der Waals surface area contributed by atoms with Gasteiger partial charge in [-0.2, -0.15) is 4.37 Å². The van der Waals surface area contributed by atoms with Crippen molar-refractivity contribution in [3.63, 3.8) is 0 Å². The van der Waals surface area contributed by atoms with Gasteiger partial charge in [-0.3, -0.25) is 0 Å². The number of azo groups is 1. The van der Waals surface area contributed by atoms with Gasteiger partial charge in [0.2, 0.25) is 0 Å². The fraction of sp³-hybridized carbons (Fsp3) is 0.200. The molecule has 2 N–H and O–H groups in total. The molecule has 3 rings (SSSR count). The van der Waals surface area contributed by atoms with Gasteiger partial charge >= 0.3 is 0 Å². The summed E-state index contributed by atoms with van der Waals surface area (Å²) in [6.07, 6.45) is 1.68. The van der Waals surface area contributed by atoms with Crippen LogP contribution in [0.2, 0.25) is 5.02 Å². The normalized spacial score (nSPS) is 11.4. The zero-order valence-corrected chi connectivity index (χ0v) is 14.3. The molecule has 0 bridgehead atoms. The number of aromatic nitrogens is 2. The van der Waals surface area contributed by atoms with Crippen molar-refractivity contribution in [3.8, 4) is 5.75 Å². The lowest BCUT2D eigenvalue weighted by molar-refractivity contribution is 0.166. The van der Waals surface area contributed by atoms with Crippen molar-refractivity contribution in [1.29, 1.82) is 0 Å². The van der Waals surface area contributed by atoms with E-state index in [-0.39, 0.29) is 17.5 Å². The number of halogens is 1. The molecule has 0 radical (unpaired) electrons. The highest BCUT2D eigenvalue weighted by Gasteiger charge is 2.09. The zero-order valence-electron chi connectivity index (χ0n) is 12.7. The maximum atomic E-state index is 9.98. The van der Waals surface area contributed by atoms with E-state index in [9.17, 15) is 5.11 Å². The van der Waals surface area contributed by atoms with Crippen LogP contribution < -0.4 is 5.32 Å². The van der Waals surface area contributed by atoms with Crippen LogP contribution in [0.4, 0.5) is 16.4 Å². The van der Waals surface area contributed by atoms with Crippen LogP contribution >= 0.6 is 23.1 Å². The number of benzene rings is 1. The van der Waals surface area contributed by atoms with Crippen molar-refractivity contribution in [2.45, 2.75) is 6.92 Å². The first-order valence-corrected chi connectivity index (χ1v) is 8.30. The third kappa shape index (κ3) is 3.61. The van der Waals surface area contributed by atoms with Gasteiger partial charge in [0, 0.05) is 12.8 Å². The molecular weight excluding hydrogens is 350 g/mol. The van der Waals surface area contributed by atoms with E-state index in [4.69, 9.17) is 16.3 Å². The molecule has 0 spiro atoms. The number of nitrogens with zero attached hydrogens (tertiary/aromatic N) is 4. The van der Waals surface area contributed by atoms with Crippen LogP contribution in [0.5, 0.6) is 5.75 Å². The molecule has 0 atom stereocenters. The molecule has 0 amide bonds. The van der Waals surface area contributed by atoms with Gasteiger partial charge in [0.05, 0.1) is 21.8 Å². The summed E-state index contributed by atoms with van der Waals surface area (Å²) in [7, 11) is 0. The van der Waals surface area contributed by atoms with Gasteiger partial charge in [-0.25, -0.2) is 4.98 Å². The van der Waals surface area contributed by atoms with Crippen molar-refractivity contribution >= 4 is 50.5 Å². The number of hydrogen-bond donors (Lipinski definition) is 2. The summed E-state index contributed by atoms with van der Waals surface area (Å²) in [6.45, 7) is 2.70. The molecule has 7 nitrogen and oxygen atoms in total.